The summed E-state index contributed by atoms with van der Waals surface area (Å²) >= 11 is 0. The lowest BCUT2D eigenvalue weighted by molar-refractivity contribution is -0.129. The van der Waals surface area contributed by atoms with Crippen molar-refractivity contribution in [2.75, 3.05) is 31.6 Å². The van der Waals surface area contributed by atoms with Crippen molar-refractivity contribution in [2.24, 2.45) is 5.73 Å². The first-order valence-electron chi connectivity index (χ1n) is 12.5. The summed E-state index contributed by atoms with van der Waals surface area (Å²) in [4.78, 5) is 19.3. The van der Waals surface area contributed by atoms with Gasteiger partial charge in [0, 0.05) is 43.3 Å². The molecular formula is C29H35FN6O2. The molecule has 38 heavy (non-hydrogen) atoms. The monoisotopic (exact) mass is 518 g/mol. The van der Waals surface area contributed by atoms with Crippen molar-refractivity contribution in [3.63, 3.8) is 0 Å². The Morgan fingerprint density at radius 1 is 1.32 bits per heavy atom. The lowest BCUT2D eigenvalue weighted by Crippen LogP contribution is -2.71. The molecule has 0 saturated carbocycles. The number of piperazine rings is 1. The van der Waals surface area contributed by atoms with Crippen LogP contribution in [0.5, 0.6) is 5.75 Å². The molecule has 2 unspecified atom stereocenters. The number of carbonyl (C=O) groups excluding carboxylic acids is 1. The highest BCUT2D eigenvalue weighted by Gasteiger charge is 2.50. The van der Waals surface area contributed by atoms with Gasteiger partial charge in [-0.2, -0.15) is 0 Å². The number of benzene rings is 2. The number of fused-ring (bicyclic) bond motifs is 1. The lowest BCUT2D eigenvalue weighted by Gasteiger charge is -2.54. The highest BCUT2D eigenvalue weighted by molar-refractivity contribution is 6.12. The molecule has 4 rings (SSSR count). The third kappa shape index (κ3) is 4.89. The summed E-state index contributed by atoms with van der Waals surface area (Å²) in [5.74, 6) is 0.132. The number of hydrogen-bond donors (Lipinski definition) is 3. The molecule has 0 spiro atoms. The van der Waals surface area contributed by atoms with Crippen LogP contribution in [0.25, 0.3) is 6.08 Å². The molecule has 2 aromatic rings. The minimum absolute atomic E-state index is 0.145. The number of guanidine groups is 1. The number of nitrogens with one attached hydrogen (secondary N) is 2. The second-order valence-corrected chi connectivity index (χ2v) is 9.78. The fourth-order valence-electron chi connectivity index (χ4n) is 5.10. The summed E-state index contributed by atoms with van der Waals surface area (Å²) in [5.41, 5.74) is 8.61. The second kappa shape index (κ2) is 10.7. The molecule has 0 radical (unpaired) electrons. The molecule has 2 aliphatic rings. The van der Waals surface area contributed by atoms with Crippen LogP contribution in [0.2, 0.25) is 0 Å². The smallest absolute Gasteiger partial charge is 0.259 e. The quantitative estimate of drug-likeness (QED) is 0.476. The molecule has 8 nitrogen and oxygen atoms in total. The van der Waals surface area contributed by atoms with Crippen LogP contribution < -0.4 is 20.7 Å². The van der Waals surface area contributed by atoms with E-state index in [2.05, 4.69) is 11.9 Å². The molecule has 1 amide bonds. The van der Waals surface area contributed by atoms with Crippen molar-refractivity contribution in [1.82, 2.24) is 15.1 Å². The van der Waals surface area contributed by atoms with Gasteiger partial charge in [0.05, 0.1) is 24.4 Å². The van der Waals surface area contributed by atoms with Gasteiger partial charge in [-0.3, -0.25) is 15.1 Å². The predicted molar refractivity (Wildman–Crippen MR) is 149 cm³/mol. The zero-order valence-corrected chi connectivity index (χ0v) is 22.3. The van der Waals surface area contributed by atoms with Gasteiger partial charge in [0.25, 0.3) is 5.91 Å². The predicted octanol–water partition coefficient (Wildman–Crippen LogP) is 4.19. The zero-order chi connectivity index (χ0) is 27.6. The van der Waals surface area contributed by atoms with Crippen LogP contribution in [0.15, 0.2) is 72.7 Å². The third-order valence-corrected chi connectivity index (χ3v) is 7.16. The maximum absolute atomic E-state index is 14.1. The molecule has 2 atom stereocenters. The number of methoxy groups -OCH3 is 1. The molecule has 2 aliphatic heterocycles. The first kappa shape index (κ1) is 26.9. The molecule has 4 N–H and O–H groups in total. The highest BCUT2D eigenvalue weighted by atomic mass is 19.1. The zero-order valence-electron chi connectivity index (χ0n) is 22.3. The van der Waals surface area contributed by atoms with Crippen molar-refractivity contribution in [3.05, 3.63) is 89.7 Å². The van der Waals surface area contributed by atoms with Gasteiger partial charge in [0.2, 0.25) is 5.96 Å². The van der Waals surface area contributed by atoms with Gasteiger partial charge in [0.1, 0.15) is 11.6 Å². The largest absolute Gasteiger partial charge is 0.495 e. The lowest BCUT2D eigenvalue weighted by atomic mass is 9.83. The standard InChI is InChI=1S/C29H35FN6O2/c1-6-34(17-19(2)31)25-12-7-21(16-26(25)38-5)15-24-27(37)36(20(3)22-8-10-23(30)11-9-22)28(32)35-14-13-33-18-29(24,35)4/h6-12,15-17,20,32-33H,1,13-14,18,31H2,2-5H3/b19-17-,24-15-,32-28?. The molecule has 0 aliphatic carbocycles. The average molecular weight is 519 g/mol. The van der Waals surface area contributed by atoms with Crippen molar-refractivity contribution in [3.8, 4) is 5.75 Å². The first-order valence-corrected chi connectivity index (χ1v) is 12.5. The van der Waals surface area contributed by atoms with E-state index in [1.54, 1.807) is 43.5 Å². The third-order valence-electron chi connectivity index (χ3n) is 7.16. The Hall–Kier alpha value is -4.11. The van der Waals surface area contributed by atoms with Crippen LogP contribution in [0, 0.1) is 11.2 Å². The van der Waals surface area contributed by atoms with Gasteiger partial charge in [-0.25, -0.2) is 4.39 Å². The number of halogens is 1. The number of amides is 1. The Morgan fingerprint density at radius 3 is 2.66 bits per heavy atom. The molecular weight excluding hydrogens is 483 g/mol. The Bertz CT molecular complexity index is 1300. The van der Waals surface area contributed by atoms with Crippen molar-refractivity contribution in [1.29, 1.82) is 5.41 Å². The van der Waals surface area contributed by atoms with Crippen LogP contribution >= 0.6 is 0 Å². The Kier molecular flexibility index (Phi) is 7.59. The molecule has 2 saturated heterocycles. The summed E-state index contributed by atoms with van der Waals surface area (Å²) in [5, 5.41) is 12.4. The summed E-state index contributed by atoms with van der Waals surface area (Å²) in [7, 11) is 1.59. The van der Waals surface area contributed by atoms with Crippen LogP contribution in [0.3, 0.4) is 0 Å². The molecule has 0 bridgehead atoms. The van der Waals surface area contributed by atoms with E-state index in [0.29, 0.717) is 36.7 Å². The molecule has 2 fully saturated rings. The summed E-state index contributed by atoms with van der Waals surface area (Å²) < 4.78 is 19.2. The van der Waals surface area contributed by atoms with E-state index in [-0.39, 0.29) is 17.7 Å². The van der Waals surface area contributed by atoms with Gasteiger partial charge in [-0.1, -0.05) is 24.8 Å². The minimum Gasteiger partial charge on any atom is -0.495 e. The van der Waals surface area contributed by atoms with E-state index in [1.165, 1.54) is 17.0 Å². The SMILES string of the molecule is C=CN(/C=C(/C)N)c1ccc(/C=C2/C(=O)N(C(C)c3ccc(F)cc3)C(=N)N3CCNCC23C)cc1OC. The number of nitrogens with zero attached hydrogens (tertiary/aromatic N) is 3. The van der Waals surface area contributed by atoms with Gasteiger partial charge in [-0.05, 0) is 62.2 Å². The van der Waals surface area contributed by atoms with Crippen LogP contribution in [0.1, 0.15) is 37.9 Å². The fourth-order valence-corrected chi connectivity index (χ4v) is 5.10. The Labute approximate surface area is 223 Å². The van der Waals surface area contributed by atoms with E-state index in [9.17, 15) is 9.18 Å². The molecule has 2 aromatic carbocycles. The molecule has 9 heteroatoms. The fraction of sp³-hybridized carbons (Fsp3) is 0.310. The Balaban J connectivity index is 1.79. The molecule has 2 heterocycles. The van der Waals surface area contributed by atoms with Gasteiger partial charge in [-0.15, -0.1) is 0 Å². The van der Waals surface area contributed by atoms with Gasteiger partial charge in [0.15, 0.2) is 0 Å². The van der Waals surface area contributed by atoms with Crippen LogP contribution in [-0.4, -0.2) is 53.9 Å². The topological polar surface area (TPSA) is 97.9 Å². The number of rotatable bonds is 7. The Morgan fingerprint density at radius 2 is 2.03 bits per heavy atom. The average Bonchev–Trinajstić information content (AvgIpc) is 2.90. The number of ether oxygens (including phenoxy) is 1. The van der Waals surface area contributed by atoms with Gasteiger partial charge < -0.3 is 25.6 Å². The number of nitrogens with two attached hydrogens (primary N) is 1. The van der Waals surface area contributed by atoms with E-state index < -0.39 is 11.6 Å². The maximum Gasteiger partial charge on any atom is 0.259 e. The summed E-state index contributed by atoms with van der Waals surface area (Å²) in [6.07, 6.45) is 5.26. The van der Waals surface area contributed by atoms with E-state index >= 15 is 0 Å². The highest BCUT2D eigenvalue weighted by Crippen LogP contribution is 2.39. The van der Waals surface area contributed by atoms with Crippen LogP contribution in [0.4, 0.5) is 10.1 Å². The van der Waals surface area contributed by atoms with E-state index in [4.69, 9.17) is 15.9 Å². The van der Waals surface area contributed by atoms with E-state index in [0.717, 1.165) is 16.8 Å². The number of carbonyl (C=O) groups is 1. The van der Waals surface area contributed by atoms with Crippen LogP contribution in [-0.2, 0) is 4.79 Å². The first-order chi connectivity index (χ1) is 18.1. The molecule has 0 aromatic heterocycles. The second-order valence-electron chi connectivity index (χ2n) is 9.78. The maximum atomic E-state index is 14.1. The van der Waals surface area contributed by atoms with E-state index in [1.807, 2.05) is 43.0 Å². The summed E-state index contributed by atoms with van der Waals surface area (Å²) in [6, 6.07) is 11.3. The molecule has 200 valence electrons. The number of allylic oxidation sites excluding steroid dienone is 1. The normalized spacial score (nSPS) is 21.8. The van der Waals surface area contributed by atoms with Crippen molar-refractivity contribution < 1.29 is 13.9 Å². The summed E-state index contributed by atoms with van der Waals surface area (Å²) in [6.45, 7) is 11.3. The van der Waals surface area contributed by atoms with Gasteiger partial charge >= 0.3 is 0 Å². The number of hydrogen-bond acceptors (Lipinski definition) is 6. The van der Waals surface area contributed by atoms with Crippen molar-refractivity contribution >= 4 is 23.6 Å². The minimum atomic E-state index is -0.718. The van der Waals surface area contributed by atoms with Crippen molar-refractivity contribution in [2.45, 2.75) is 32.4 Å². The number of anilines is 1.